The van der Waals surface area contributed by atoms with E-state index in [1.54, 1.807) is 137 Å². The van der Waals surface area contributed by atoms with Crippen LogP contribution in [0.5, 0.6) is 11.5 Å². The first-order valence-electron chi connectivity index (χ1n) is 46.4. The van der Waals surface area contributed by atoms with Crippen LogP contribution >= 0.6 is 0 Å². The maximum absolute atomic E-state index is 16.0. The maximum Gasteiger partial charge on any atom is 0.419 e. The standard InChI is InChI=1S/C101H131N17O18S/c1-60(2)50-75(89(124)110-74(94(129)117-49-29-39-81(117)93(128)105-54-82(102)119)37-28-48-104-95(103)115-137(131,132)86-62(4)61(3)85-71(63(86)5)46-47-100(15,16)135-85)109-84(121)55-106-87(122)76(51-64-40-42-70(43-41-64)134-98(9,10)11)111-92(127)79(58-133-97(6,7)8)114-90(125)77(52-65-56-118(96(130)136-99(12,13)14)80-38-27-26-36-72(65)80)112-91(126)78(113-88(123)73-44-45-83(120)108-73)53-69-57-116(59-107-69)101(66-30-20-17-21-31-66,67-32-22-18-23-33-67)68-34-24-19-25-35-68/h17-27,30-36,38,40-43,56-57,59-60,73-79,81H,28-29,37,39,44-55,58H2,1-16H3,(H2,102,119)(H,105,128)(H,106,122)(H,108,120)(H,109,121)(H,110,124)(H,111,127)(H,112,126)(H,113,123)(H,114,125)(H3,103,104,115)/t73-,74-,75-,76-,77-,78-,79-,81-/m0/s1. The predicted octanol–water partition coefficient (Wildman–Crippen LogP) is 7.74. The molecule has 0 saturated carbocycles. The number of likely N-dealkylation sites (tertiary alicyclic amines) is 1. The van der Waals surface area contributed by atoms with E-state index in [0.29, 0.717) is 75.2 Å². The molecule has 137 heavy (non-hydrogen) atoms. The molecule has 8 aromatic rings. The first kappa shape index (κ1) is 104. The summed E-state index contributed by atoms with van der Waals surface area (Å²) in [6.07, 6.45) is 4.95. The summed E-state index contributed by atoms with van der Waals surface area (Å²) in [5, 5.41) is 36.7. The molecule has 0 bridgehead atoms. The van der Waals surface area contributed by atoms with E-state index in [9.17, 15) is 46.8 Å². The van der Waals surface area contributed by atoms with Gasteiger partial charge in [-0.05, 0) is 222 Å². The zero-order chi connectivity index (χ0) is 99.8. The van der Waals surface area contributed by atoms with Gasteiger partial charge in [-0.1, -0.05) is 135 Å². The molecule has 0 unspecified atom stereocenters. The molecular weight excluding hydrogens is 1770 g/mol. The summed E-state index contributed by atoms with van der Waals surface area (Å²) in [6.45, 7) is 26.6. The summed E-state index contributed by atoms with van der Waals surface area (Å²) >= 11 is 0. The molecule has 2 saturated heterocycles. The monoisotopic (exact) mass is 1900 g/mol. The maximum atomic E-state index is 16.0. The summed E-state index contributed by atoms with van der Waals surface area (Å²) in [5.41, 5.74) is 7.70. The van der Waals surface area contributed by atoms with Crippen LogP contribution in [-0.4, -0.2) is 208 Å². The van der Waals surface area contributed by atoms with Crippen molar-refractivity contribution >= 4 is 98.0 Å². The molecule has 2 fully saturated rings. The van der Waals surface area contributed by atoms with Crippen LogP contribution in [-0.2, 0) is 103 Å². The Labute approximate surface area is 799 Å². The van der Waals surface area contributed by atoms with Crippen molar-refractivity contribution in [1.82, 2.24) is 76.9 Å². The smallest absolute Gasteiger partial charge is 0.419 e. The van der Waals surface area contributed by atoms with Crippen LogP contribution in [0, 0.1) is 32.1 Å². The van der Waals surface area contributed by atoms with Gasteiger partial charge in [-0.25, -0.2) is 22.9 Å². The Morgan fingerprint density at radius 2 is 1.19 bits per heavy atom. The van der Waals surface area contributed by atoms with Crippen molar-refractivity contribution in [3.05, 3.63) is 214 Å². The summed E-state index contributed by atoms with van der Waals surface area (Å²) in [4.78, 5) is 180. The number of hydrogen-bond donors (Lipinski definition) is 13. The number of para-hydroxylation sites is 1. The molecule has 3 aliphatic rings. The number of carbonyl (C=O) groups excluding carboxylic acids is 12. The minimum Gasteiger partial charge on any atom is -0.488 e. The number of nitrogens with two attached hydrogens (primary N) is 1. The number of hydrogen-bond acceptors (Lipinski definition) is 20. The van der Waals surface area contributed by atoms with Crippen molar-refractivity contribution in [2.45, 2.75) is 269 Å². The highest BCUT2D eigenvalue weighted by Gasteiger charge is 2.44. The second-order valence-electron chi connectivity index (χ2n) is 39.2. The lowest BCUT2D eigenvalue weighted by Gasteiger charge is -2.37. The largest absolute Gasteiger partial charge is 0.488 e. The van der Waals surface area contributed by atoms with Gasteiger partial charge < -0.3 is 87.3 Å². The van der Waals surface area contributed by atoms with Gasteiger partial charge in [-0.15, -0.1) is 0 Å². The number of primary amides is 1. The fourth-order valence-electron chi connectivity index (χ4n) is 17.3. The Morgan fingerprint density at radius 3 is 1.77 bits per heavy atom. The molecule has 2 aromatic heterocycles. The predicted molar refractivity (Wildman–Crippen MR) is 515 cm³/mol. The highest BCUT2D eigenvalue weighted by Crippen LogP contribution is 2.44. The normalized spacial score (nSPS) is 16.2. The molecule has 5 heterocycles. The molecule has 0 spiro atoms. The molecule has 734 valence electrons. The van der Waals surface area contributed by atoms with E-state index in [-0.39, 0.29) is 81.2 Å². The number of ether oxygens (including phenoxy) is 4. The minimum atomic E-state index is -4.36. The number of rotatable bonds is 39. The number of nitrogens with zero attached hydrogens (tertiary/aromatic N) is 4. The van der Waals surface area contributed by atoms with Gasteiger partial charge in [0.05, 0.1) is 47.7 Å². The number of aromatic nitrogens is 3. The first-order valence-corrected chi connectivity index (χ1v) is 47.9. The average molecular weight is 1900 g/mol. The summed E-state index contributed by atoms with van der Waals surface area (Å²) in [7, 11) is -4.36. The lowest BCUT2D eigenvalue weighted by molar-refractivity contribution is -0.142. The number of benzene rings is 6. The number of sulfonamides is 1. The van der Waals surface area contributed by atoms with Gasteiger partial charge in [0.25, 0.3) is 10.0 Å². The van der Waals surface area contributed by atoms with E-state index in [1.165, 1.54) is 15.7 Å². The molecule has 36 heteroatoms. The van der Waals surface area contributed by atoms with Crippen LogP contribution < -0.4 is 73.1 Å². The Balaban J connectivity index is 0.868. The molecule has 3 aliphatic heterocycles. The van der Waals surface area contributed by atoms with Gasteiger partial charge in [0.2, 0.25) is 70.9 Å². The van der Waals surface area contributed by atoms with Crippen molar-refractivity contribution < 1.29 is 84.9 Å². The number of nitrogens with one attached hydrogen (secondary N) is 12. The fourth-order valence-corrected chi connectivity index (χ4v) is 18.9. The van der Waals surface area contributed by atoms with Crippen molar-refractivity contribution in [3.63, 3.8) is 0 Å². The van der Waals surface area contributed by atoms with Crippen LogP contribution in [0.4, 0.5) is 4.79 Å². The second-order valence-corrected chi connectivity index (χ2v) is 40.8. The number of imidazole rings is 1. The number of guanidine groups is 1. The van der Waals surface area contributed by atoms with E-state index in [1.807, 2.05) is 130 Å². The highest BCUT2D eigenvalue weighted by atomic mass is 32.2. The lowest BCUT2D eigenvalue weighted by atomic mass is 9.77. The topological polar surface area (TPSA) is 484 Å². The summed E-state index contributed by atoms with van der Waals surface area (Å²) in [5.74, 6) is -8.63. The quantitative estimate of drug-likeness (QED) is 0.00758. The van der Waals surface area contributed by atoms with Crippen LogP contribution in [0.3, 0.4) is 0 Å². The Kier molecular flexibility index (Phi) is 33.8. The Bertz CT molecular complexity index is 5770. The molecule has 14 N–H and O–H groups in total. The minimum absolute atomic E-state index is 0.0113. The van der Waals surface area contributed by atoms with E-state index in [4.69, 9.17) is 35.1 Å². The number of fused-ring (bicyclic) bond motifs is 2. The molecule has 11 rings (SSSR count). The summed E-state index contributed by atoms with van der Waals surface area (Å²) < 4.78 is 58.5. The van der Waals surface area contributed by atoms with Gasteiger partial charge in [0.15, 0.2) is 0 Å². The third-order valence-electron chi connectivity index (χ3n) is 23.9. The lowest BCUT2D eigenvalue weighted by Crippen LogP contribution is -2.61. The van der Waals surface area contributed by atoms with Crippen LogP contribution in [0.25, 0.3) is 10.9 Å². The SMILES string of the molecule is Cc1c(C)c(S(=O)(=O)NC(=N)NCCC[C@H](NC(=O)[C@H](CC(C)C)NC(=O)CNC(=O)[C@H](Cc2ccc(OC(C)(C)C)cc2)NC(=O)[C@H](COC(C)(C)C)NC(=O)[C@H](Cc2cn(C(=O)OC(C)(C)C)c3ccccc23)NC(=O)[C@H](Cc2cn(C(c3ccccc3)(c3ccccc3)c3ccccc3)cn2)NC(=O)[C@@H]2CCC(=O)N2)C(=O)N2CCC[C@H]2C(=O)NCC(N)=O)c(C)c2c1OC(C)(C)CC2. The Hall–Kier alpha value is -13.5. The van der Waals surface area contributed by atoms with Crippen molar-refractivity contribution in [2.75, 3.05) is 32.8 Å². The zero-order valence-electron chi connectivity index (χ0n) is 80.9. The van der Waals surface area contributed by atoms with E-state index in [0.717, 1.165) is 22.3 Å². The van der Waals surface area contributed by atoms with Gasteiger partial charge in [-0.3, -0.25) is 62.7 Å². The van der Waals surface area contributed by atoms with Crippen molar-refractivity contribution in [2.24, 2.45) is 11.7 Å². The third-order valence-corrected chi connectivity index (χ3v) is 25.6. The molecule has 11 amide bonds. The van der Waals surface area contributed by atoms with Crippen LogP contribution in [0.1, 0.15) is 197 Å². The van der Waals surface area contributed by atoms with E-state index < -0.39 is 184 Å². The van der Waals surface area contributed by atoms with E-state index in [2.05, 4.69) is 57.9 Å². The van der Waals surface area contributed by atoms with Crippen LogP contribution in [0.15, 0.2) is 163 Å². The number of carbonyl (C=O) groups is 12. The zero-order valence-corrected chi connectivity index (χ0v) is 81.7. The second kappa shape index (κ2) is 44.5. The van der Waals surface area contributed by atoms with Gasteiger partial charge in [-0.2, -0.15) is 0 Å². The van der Waals surface area contributed by atoms with Gasteiger partial charge in [0, 0.05) is 56.6 Å². The van der Waals surface area contributed by atoms with Gasteiger partial charge in [0.1, 0.15) is 82.2 Å². The van der Waals surface area contributed by atoms with Crippen molar-refractivity contribution in [3.8, 4) is 11.5 Å². The first-order chi connectivity index (χ1) is 64.6. The Morgan fingerprint density at radius 1 is 0.613 bits per heavy atom. The average Bonchev–Trinajstić information content (AvgIpc) is 1.72. The molecule has 0 radical (unpaired) electrons. The molecule has 35 nitrogen and oxygen atoms in total. The van der Waals surface area contributed by atoms with Gasteiger partial charge >= 0.3 is 6.09 Å². The fraction of sp³-hybridized carbons (Fsp3) is 0.465. The van der Waals surface area contributed by atoms with Crippen molar-refractivity contribution in [1.29, 1.82) is 5.41 Å². The van der Waals surface area contributed by atoms with E-state index >= 15 is 19.2 Å². The molecule has 6 aromatic carbocycles. The highest BCUT2D eigenvalue weighted by molar-refractivity contribution is 7.90. The third kappa shape index (κ3) is 27.5. The number of amides is 11. The summed E-state index contributed by atoms with van der Waals surface area (Å²) in [6, 6.07) is 31.4. The molecule has 8 atom stereocenters. The molecular formula is C101H131N17O18S. The molecule has 0 aliphatic carbocycles. The van der Waals surface area contributed by atoms with Crippen LogP contribution in [0.2, 0.25) is 0 Å².